The highest BCUT2D eigenvalue weighted by molar-refractivity contribution is 5.75. The second-order valence-corrected chi connectivity index (χ2v) is 4.42. The van der Waals surface area contributed by atoms with E-state index < -0.39 is 23.3 Å². The van der Waals surface area contributed by atoms with Crippen molar-refractivity contribution in [3.8, 4) is 0 Å². The third-order valence-electron chi connectivity index (χ3n) is 2.87. The van der Waals surface area contributed by atoms with Gasteiger partial charge in [0, 0.05) is 24.6 Å². The van der Waals surface area contributed by atoms with Crippen LogP contribution in [0, 0.1) is 23.3 Å². The fourth-order valence-electron chi connectivity index (χ4n) is 2.05. The quantitative estimate of drug-likeness (QED) is 0.712. The molecule has 0 unspecified atom stereocenters. The topological polar surface area (TPSA) is 28.7 Å². The molecule has 2 aromatic carbocycles. The van der Waals surface area contributed by atoms with Gasteiger partial charge >= 0.3 is 0 Å². The van der Waals surface area contributed by atoms with E-state index in [-0.39, 0.29) is 11.9 Å². The Morgan fingerprint density at radius 1 is 0.850 bits per heavy atom. The largest absolute Gasteiger partial charge is 0.342 e. The van der Waals surface area contributed by atoms with E-state index in [0.29, 0.717) is 16.9 Å². The number of aromatic amines is 1. The van der Waals surface area contributed by atoms with Gasteiger partial charge in [0.25, 0.3) is 0 Å². The number of nitrogens with zero attached hydrogens (tertiary/aromatic N) is 1. The molecule has 0 atom stereocenters. The van der Waals surface area contributed by atoms with E-state index >= 15 is 0 Å². The highest BCUT2D eigenvalue weighted by Crippen LogP contribution is 2.18. The van der Waals surface area contributed by atoms with Gasteiger partial charge in [-0.05, 0) is 17.7 Å². The highest BCUT2D eigenvalue weighted by atomic mass is 19.2. The van der Waals surface area contributed by atoms with Crippen molar-refractivity contribution in [2.75, 3.05) is 0 Å². The van der Waals surface area contributed by atoms with Crippen molar-refractivity contribution in [1.82, 2.24) is 9.97 Å². The molecule has 102 valence electrons. The van der Waals surface area contributed by atoms with E-state index in [1.807, 2.05) is 0 Å². The van der Waals surface area contributed by atoms with Gasteiger partial charge < -0.3 is 4.98 Å². The molecule has 0 saturated heterocycles. The van der Waals surface area contributed by atoms with Gasteiger partial charge in [-0.1, -0.05) is 0 Å². The summed E-state index contributed by atoms with van der Waals surface area (Å²) < 4.78 is 52.3. The molecule has 0 amide bonds. The summed E-state index contributed by atoms with van der Waals surface area (Å²) >= 11 is 0. The molecule has 1 heterocycles. The Balaban J connectivity index is 1.98. The molecule has 2 nitrogen and oxygen atoms in total. The number of halogens is 4. The van der Waals surface area contributed by atoms with Gasteiger partial charge in [-0.2, -0.15) is 0 Å². The van der Waals surface area contributed by atoms with Crippen LogP contribution >= 0.6 is 0 Å². The minimum atomic E-state index is -0.993. The second-order valence-electron chi connectivity index (χ2n) is 4.42. The van der Waals surface area contributed by atoms with Crippen molar-refractivity contribution < 1.29 is 17.6 Å². The van der Waals surface area contributed by atoms with Crippen LogP contribution in [-0.2, 0) is 6.42 Å². The number of H-pyrrole nitrogens is 1. The van der Waals surface area contributed by atoms with Gasteiger partial charge in [0.15, 0.2) is 11.6 Å². The van der Waals surface area contributed by atoms with E-state index in [4.69, 9.17) is 0 Å². The first-order chi connectivity index (χ1) is 9.51. The zero-order valence-corrected chi connectivity index (χ0v) is 10.1. The Bertz CT molecular complexity index is 736. The number of hydrogen-bond donors (Lipinski definition) is 1. The molecular weight excluding hydrogens is 272 g/mol. The Morgan fingerprint density at radius 2 is 1.50 bits per heavy atom. The van der Waals surface area contributed by atoms with Gasteiger partial charge in [0.05, 0.1) is 11.0 Å². The molecule has 0 radical (unpaired) electrons. The van der Waals surface area contributed by atoms with Gasteiger partial charge in [0.1, 0.15) is 17.5 Å². The molecule has 20 heavy (non-hydrogen) atoms. The number of rotatable bonds is 2. The van der Waals surface area contributed by atoms with E-state index in [0.717, 1.165) is 18.2 Å². The van der Waals surface area contributed by atoms with Gasteiger partial charge in [-0.3, -0.25) is 0 Å². The molecule has 0 aliphatic heterocycles. The summed E-state index contributed by atoms with van der Waals surface area (Å²) in [5, 5.41) is 0. The van der Waals surface area contributed by atoms with Crippen LogP contribution in [0.25, 0.3) is 11.0 Å². The normalized spacial score (nSPS) is 11.2. The number of aromatic nitrogens is 2. The molecule has 3 aromatic rings. The predicted octanol–water partition coefficient (Wildman–Crippen LogP) is 3.71. The summed E-state index contributed by atoms with van der Waals surface area (Å²) in [7, 11) is 0. The van der Waals surface area contributed by atoms with E-state index in [1.54, 1.807) is 0 Å². The van der Waals surface area contributed by atoms with Crippen LogP contribution in [0.5, 0.6) is 0 Å². The average molecular weight is 280 g/mol. The molecule has 0 aliphatic carbocycles. The number of nitrogens with one attached hydrogen (secondary N) is 1. The molecule has 1 aromatic heterocycles. The Morgan fingerprint density at radius 3 is 2.20 bits per heavy atom. The van der Waals surface area contributed by atoms with Crippen LogP contribution in [-0.4, -0.2) is 9.97 Å². The molecule has 0 aliphatic rings. The summed E-state index contributed by atoms with van der Waals surface area (Å²) in [6.07, 6.45) is 0.132. The summed E-state index contributed by atoms with van der Waals surface area (Å²) in [5.74, 6) is -2.98. The molecule has 0 bridgehead atoms. The van der Waals surface area contributed by atoms with Gasteiger partial charge in [0.2, 0.25) is 0 Å². The summed E-state index contributed by atoms with van der Waals surface area (Å²) in [6, 6.07) is 5.09. The van der Waals surface area contributed by atoms with Gasteiger partial charge in [-0.25, -0.2) is 22.5 Å². The lowest BCUT2D eigenvalue weighted by atomic mass is 10.1. The lowest BCUT2D eigenvalue weighted by Gasteiger charge is -1.99. The SMILES string of the molecule is Fc1cc(F)cc(Cc2nc3cc(F)c(F)cc3[nH]2)c1. The number of fused-ring (bicyclic) bond motifs is 1. The summed E-state index contributed by atoms with van der Waals surface area (Å²) in [6.45, 7) is 0. The number of imidazole rings is 1. The predicted molar refractivity (Wildman–Crippen MR) is 65.2 cm³/mol. The Hall–Kier alpha value is -2.37. The van der Waals surface area contributed by atoms with Gasteiger partial charge in [-0.15, -0.1) is 0 Å². The minimum Gasteiger partial charge on any atom is -0.342 e. The fraction of sp³-hybridized carbons (Fsp3) is 0.0714. The molecule has 1 N–H and O–H groups in total. The highest BCUT2D eigenvalue weighted by Gasteiger charge is 2.10. The number of hydrogen-bond acceptors (Lipinski definition) is 1. The second kappa shape index (κ2) is 4.63. The lowest BCUT2D eigenvalue weighted by molar-refractivity contribution is 0.510. The van der Waals surface area contributed by atoms with Crippen LogP contribution in [0.15, 0.2) is 30.3 Å². The zero-order chi connectivity index (χ0) is 14.3. The smallest absolute Gasteiger partial charge is 0.161 e. The van der Waals surface area contributed by atoms with Crippen LogP contribution < -0.4 is 0 Å². The zero-order valence-electron chi connectivity index (χ0n) is 10.1. The molecule has 6 heteroatoms. The fourth-order valence-corrected chi connectivity index (χ4v) is 2.05. The van der Waals surface area contributed by atoms with Crippen molar-refractivity contribution in [2.24, 2.45) is 0 Å². The molecule has 0 saturated carbocycles. The average Bonchev–Trinajstić information content (AvgIpc) is 2.69. The number of benzene rings is 2. The first-order valence-corrected chi connectivity index (χ1v) is 5.80. The Kier molecular flexibility index (Phi) is 2.93. The van der Waals surface area contributed by atoms with Crippen LogP contribution in [0.3, 0.4) is 0 Å². The first kappa shape index (κ1) is 12.7. The van der Waals surface area contributed by atoms with Crippen LogP contribution in [0.2, 0.25) is 0 Å². The molecule has 3 rings (SSSR count). The lowest BCUT2D eigenvalue weighted by Crippen LogP contribution is -1.93. The van der Waals surface area contributed by atoms with Crippen LogP contribution in [0.1, 0.15) is 11.4 Å². The van der Waals surface area contributed by atoms with E-state index in [9.17, 15) is 17.6 Å². The monoisotopic (exact) mass is 280 g/mol. The first-order valence-electron chi connectivity index (χ1n) is 5.80. The van der Waals surface area contributed by atoms with Crippen LogP contribution in [0.4, 0.5) is 17.6 Å². The maximum absolute atomic E-state index is 13.1. The minimum absolute atomic E-state index is 0.132. The standard InChI is InChI=1S/C14H8F4N2/c15-8-1-7(2-9(16)4-8)3-14-19-12-5-10(17)11(18)6-13(12)20-14/h1-2,4-6H,3H2,(H,19,20). The maximum Gasteiger partial charge on any atom is 0.161 e. The molecular formula is C14H8F4N2. The third-order valence-corrected chi connectivity index (χ3v) is 2.87. The summed E-state index contributed by atoms with van der Waals surface area (Å²) in [5.41, 5.74) is 0.967. The van der Waals surface area contributed by atoms with Crippen molar-refractivity contribution in [3.05, 3.63) is 65.0 Å². The van der Waals surface area contributed by atoms with E-state index in [1.165, 1.54) is 12.1 Å². The maximum atomic E-state index is 13.1. The van der Waals surface area contributed by atoms with Crippen molar-refractivity contribution in [2.45, 2.75) is 6.42 Å². The van der Waals surface area contributed by atoms with Crippen molar-refractivity contribution >= 4 is 11.0 Å². The summed E-state index contributed by atoms with van der Waals surface area (Å²) in [4.78, 5) is 6.85. The Labute approximate surface area is 111 Å². The van der Waals surface area contributed by atoms with Crippen molar-refractivity contribution in [3.63, 3.8) is 0 Å². The molecule has 0 spiro atoms. The third kappa shape index (κ3) is 2.36. The van der Waals surface area contributed by atoms with E-state index in [2.05, 4.69) is 9.97 Å². The van der Waals surface area contributed by atoms with Crippen molar-refractivity contribution in [1.29, 1.82) is 0 Å². The molecule has 0 fully saturated rings.